The standard InChI is InChI=1S/C11H22N2O2S/c1-3-16-8-9(2)13-11(14)6-10-7-15-5-4-12-10/h9-10,12H,3-8H2,1-2H3,(H,13,14). The van der Waals surface area contributed by atoms with Crippen LogP contribution in [0.1, 0.15) is 20.3 Å². The van der Waals surface area contributed by atoms with Crippen LogP contribution >= 0.6 is 11.8 Å². The van der Waals surface area contributed by atoms with Crippen molar-refractivity contribution in [2.45, 2.75) is 32.4 Å². The molecule has 0 aromatic heterocycles. The molecule has 1 saturated heterocycles. The van der Waals surface area contributed by atoms with Crippen LogP contribution in [0.5, 0.6) is 0 Å². The molecule has 0 aromatic carbocycles. The molecule has 0 radical (unpaired) electrons. The van der Waals surface area contributed by atoms with Gasteiger partial charge in [0, 0.05) is 30.8 Å². The molecule has 1 heterocycles. The number of hydrogen-bond acceptors (Lipinski definition) is 4. The molecule has 1 fully saturated rings. The number of amides is 1. The molecule has 94 valence electrons. The maximum Gasteiger partial charge on any atom is 0.221 e. The van der Waals surface area contributed by atoms with Gasteiger partial charge in [-0.3, -0.25) is 4.79 Å². The fraction of sp³-hybridized carbons (Fsp3) is 0.909. The van der Waals surface area contributed by atoms with E-state index >= 15 is 0 Å². The predicted molar refractivity (Wildman–Crippen MR) is 67.8 cm³/mol. The summed E-state index contributed by atoms with van der Waals surface area (Å²) in [5.41, 5.74) is 0. The first-order valence-corrected chi connectivity index (χ1v) is 7.06. The van der Waals surface area contributed by atoms with Gasteiger partial charge in [-0.25, -0.2) is 0 Å². The van der Waals surface area contributed by atoms with Gasteiger partial charge >= 0.3 is 0 Å². The highest BCUT2D eigenvalue weighted by Gasteiger charge is 2.17. The van der Waals surface area contributed by atoms with Gasteiger partial charge in [-0.15, -0.1) is 0 Å². The van der Waals surface area contributed by atoms with Crippen LogP contribution in [0.2, 0.25) is 0 Å². The van der Waals surface area contributed by atoms with Gasteiger partial charge in [-0.1, -0.05) is 6.92 Å². The molecule has 1 rings (SSSR count). The van der Waals surface area contributed by atoms with Gasteiger partial charge in [0.15, 0.2) is 0 Å². The lowest BCUT2D eigenvalue weighted by Crippen LogP contribution is -2.45. The highest BCUT2D eigenvalue weighted by molar-refractivity contribution is 7.99. The number of hydrogen-bond donors (Lipinski definition) is 2. The lowest BCUT2D eigenvalue weighted by Gasteiger charge is -2.24. The average Bonchev–Trinajstić information content (AvgIpc) is 2.27. The summed E-state index contributed by atoms with van der Waals surface area (Å²) >= 11 is 1.85. The van der Waals surface area contributed by atoms with Gasteiger partial charge in [0.1, 0.15) is 0 Å². The summed E-state index contributed by atoms with van der Waals surface area (Å²) in [5.74, 6) is 2.20. The van der Waals surface area contributed by atoms with Crippen LogP contribution in [0.15, 0.2) is 0 Å². The Balaban J connectivity index is 2.13. The SMILES string of the molecule is CCSCC(C)NC(=O)CC1COCCN1. The minimum atomic E-state index is 0.118. The normalized spacial score (nSPS) is 22.8. The lowest BCUT2D eigenvalue weighted by atomic mass is 10.2. The maximum atomic E-state index is 11.7. The van der Waals surface area contributed by atoms with Crippen LogP contribution in [0, 0.1) is 0 Å². The Morgan fingerprint density at radius 2 is 2.50 bits per heavy atom. The molecule has 1 aliphatic rings. The number of thioether (sulfide) groups is 1. The van der Waals surface area contributed by atoms with E-state index in [1.165, 1.54) is 0 Å². The van der Waals surface area contributed by atoms with Gasteiger partial charge in [-0.2, -0.15) is 11.8 Å². The van der Waals surface area contributed by atoms with Crippen molar-refractivity contribution in [1.82, 2.24) is 10.6 Å². The van der Waals surface area contributed by atoms with Gasteiger partial charge in [0.25, 0.3) is 0 Å². The van der Waals surface area contributed by atoms with E-state index < -0.39 is 0 Å². The smallest absolute Gasteiger partial charge is 0.221 e. The van der Waals surface area contributed by atoms with Gasteiger partial charge in [0.05, 0.1) is 13.2 Å². The lowest BCUT2D eigenvalue weighted by molar-refractivity contribution is -0.122. The summed E-state index contributed by atoms with van der Waals surface area (Å²) < 4.78 is 5.31. The van der Waals surface area contributed by atoms with E-state index in [9.17, 15) is 4.79 Å². The first-order chi connectivity index (χ1) is 7.72. The Bertz CT molecular complexity index is 208. The van der Waals surface area contributed by atoms with Crippen LogP contribution < -0.4 is 10.6 Å². The molecular formula is C11H22N2O2S. The molecular weight excluding hydrogens is 224 g/mol. The van der Waals surface area contributed by atoms with Crippen molar-refractivity contribution >= 4 is 17.7 Å². The van der Waals surface area contributed by atoms with Crippen molar-refractivity contribution in [3.8, 4) is 0 Å². The van der Waals surface area contributed by atoms with Gasteiger partial charge in [0.2, 0.25) is 5.91 Å². The highest BCUT2D eigenvalue weighted by Crippen LogP contribution is 2.03. The van der Waals surface area contributed by atoms with E-state index in [4.69, 9.17) is 4.74 Å². The largest absolute Gasteiger partial charge is 0.378 e. The van der Waals surface area contributed by atoms with Crippen molar-refractivity contribution in [2.24, 2.45) is 0 Å². The average molecular weight is 246 g/mol. The Kier molecular flexibility index (Phi) is 6.84. The number of ether oxygens (including phenoxy) is 1. The second-order valence-electron chi connectivity index (χ2n) is 4.06. The van der Waals surface area contributed by atoms with Crippen molar-refractivity contribution in [1.29, 1.82) is 0 Å². The molecule has 2 unspecified atom stereocenters. The first kappa shape index (κ1) is 13.8. The van der Waals surface area contributed by atoms with Crippen LogP contribution in [0.4, 0.5) is 0 Å². The molecule has 0 spiro atoms. The van der Waals surface area contributed by atoms with Crippen molar-refractivity contribution in [3.63, 3.8) is 0 Å². The van der Waals surface area contributed by atoms with Gasteiger partial charge < -0.3 is 15.4 Å². The van der Waals surface area contributed by atoms with Crippen LogP contribution in [-0.4, -0.2) is 49.3 Å². The molecule has 0 saturated carbocycles. The molecule has 1 amide bonds. The number of rotatable bonds is 6. The van der Waals surface area contributed by atoms with Crippen molar-refractivity contribution < 1.29 is 9.53 Å². The van der Waals surface area contributed by atoms with Crippen molar-refractivity contribution in [3.05, 3.63) is 0 Å². The van der Waals surface area contributed by atoms with E-state index in [-0.39, 0.29) is 18.0 Å². The molecule has 0 aromatic rings. The molecule has 0 bridgehead atoms. The minimum absolute atomic E-state index is 0.118. The third-order valence-corrected chi connectivity index (χ3v) is 3.55. The molecule has 2 atom stereocenters. The topological polar surface area (TPSA) is 50.4 Å². The Morgan fingerprint density at radius 3 is 3.12 bits per heavy atom. The quantitative estimate of drug-likeness (QED) is 0.721. The molecule has 0 aliphatic carbocycles. The van der Waals surface area contributed by atoms with Crippen LogP contribution in [0.3, 0.4) is 0 Å². The van der Waals surface area contributed by atoms with E-state index in [2.05, 4.69) is 17.6 Å². The van der Waals surface area contributed by atoms with Crippen molar-refractivity contribution in [2.75, 3.05) is 31.3 Å². The van der Waals surface area contributed by atoms with E-state index in [0.29, 0.717) is 13.0 Å². The second kappa shape index (κ2) is 7.92. The summed E-state index contributed by atoms with van der Waals surface area (Å²) in [7, 11) is 0. The third-order valence-electron chi connectivity index (χ3n) is 2.41. The maximum absolute atomic E-state index is 11.7. The fourth-order valence-corrected chi connectivity index (χ4v) is 2.32. The number of nitrogens with one attached hydrogen (secondary N) is 2. The zero-order valence-electron chi connectivity index (χ0n) is 10.1. The van der Waals surface area contributed by atoms with Crippen LogP contribution in [-0.2, 0) is 9.53 Å². The zero-order valence-corrected chi connectivity index (χ0v) is 10.9. The summed E-state index contributed by atoms with van der Waals surface area (Å²) in [6.07, 6.45) is 0.515. The number of carbonyl (C=O) groups is 1. The Morgan fingerprint density at radius 1 is 1.69 bits per heavy atom. The zero-order chi connectivity index (χ0) is 11.8. The minimum Gasteiger partial charge on any atom is -0.378 e. The Labute approximate surface area is 102 Å². The summed E-state index contributed by atoms with van der Waals surface area (Å²) in [6, 6.07) is 0.432. The highest BCUT2D eigenvalue weighted by atomic mass is 32.2. The van der Waals surface area contributed by atoms with Gasteiger partial charge in [-0.05, 0) is 12.7 Å². The summed E-state index contributed by atoms with van der Waals surface area (Å²) in [4.78, 5) is 11.7. The molecule has 1 aliphatic heterocycles. The molecule has 2 N–H and O–H groups in total. The predicted octanol–water partition coefficient (Wildman–Crippen LogP) is 0.623. The molecule has 5 heteroatoms. The van der Waals surface area contributed by atoms with E-state index in [1.54, 1.807) is 0 Å². The fourth-order valence-electron chi connectivity index (χ4n) is 1.64. The second-order valence-corrected chi connectivity index (χ2v) is 5.38. The summed E-state index contributed by atoms with van der Waals surface area (Å²) in [5, 5.41) is 6.28. The van der Waals surface area contributed by atoms with Crippen LogP contribution in [0.25, 0.3) is 0 Å². The van der Waals surface area contributed by atoms with E-state index in [1.807, 2.05) is 18.7 Å². The Hall–Kier alpha value is -0.260. The number of carbonyl (C=O) groups excluding carboxylic acids is 1. The number of morpholine rings is 1. The molecule has 4 nitrogen and oxygen atoms in total. The summed E-state index contributed by atoms with van der Waals surface area (Å²) in [6.45, 7) is 6.42. The molecule has 16 heavy (non-hydrogen) atoms. The first-order valence-electron chi connectivity index (χ1n) is 5.90. The van der Waals surface area contributed by atoms with E-state index in [0.717, 1.165) is 24.7 Å². The monoisotopic (exact) mass is 246 g/mol. The third kappa shape index (κ3) is 5.72.